The lowest BCUT2D eigenvalue weighted by Gasteiger charge is -2.23. The van der Waals surface area contributed by atoms with E-state index in [9.17, 15) is 18.8 Å². The van der Waals surface area contributed by atoms with E-state index in [4.69, 9.17) is 10.5 Å². The largest absolute Gasteiger partial charge is 0.374 e. The van der Waals surface area contributed by atoms with E-state index >= 15 is 0 Å². The number of amides is 3. The summed E-state index contributed by atoms with van der Waals surface area (Å²) in [6.07, 6.45) is 3.53. The minimum atomic E-state index is -1.22. The van der Waals surface area contributed by atoms with Crippen LogP contribution in [0.2, 0.25) is 0 Å². The standard InChI is InChI=1S/C33H37FN6O4/c1-33(2,35)32(43)38-27(21-44-20-24-9-5-3-6-10-24)30(41)39-28-19-40(22-37-28)29(25-11-7-4-8-12-25)31(42)36-18-17-23-13-15-26(34)16-14-23/h3-16,19,22,27,29H,17-18,20-21,35H2,1-2H3,(H,36,42)(H,38,43)(H,39,41)/t27-,29?/m1/s1. The summed E-state index contributed by atoms with van der Waals surface area (Å²) in [5, 5.41) is 8.31. The van der Waals surface area contributed by atoms with Crippen LogP contribution in [-0.4, -0.2) is 52.0 Å². The van der Waals surface area contributed by atoms with Gasteiger partial charge < -0.3 is 31.0 Å². The third-order valence-corrected chi connectivity index (χ3v) is 6.74. The van der Waals surface area contributed by atoms with Gasteiger partial charge >= 0.3 is 0 Å². The van der Waals surface area contributed by atoms with Gasteiger partial charge in [-0.2, -0.15) is 0 Å². The number of nitrogens with zero attached hydrogens (tertiary/aromatic N) is 2. The van der Waals surface area contributed by atoms with Crippen LogP contribution in [0, 0.1) is 5.82 Å². The van der Waals surface area contributed by atoms with Gasteiger partial charge in [0.2, 0.25) is 11.8 Å². The Labute approximate surface area is 255 Å². The molecular weight excluding hydrogens is 563 g/mol. The second-order valence-electron chi connectivity index (χ2n) is 10.9. The Bertz CT molecular complexity index is 1520. The van der Waals surface area contributed by atoms with Gasteiger partial charge in [-0.3, -0.25) is 14.4 Å². The van der Waals surface area contributed by atoms with E-state index < -0.39 is 29.4 Å². The van der Waals surface area contributed by atoms with Crippen molar-refractivity contribution in [2.75, 3.05) is 18.5 Å². The number of rotatable bonds is 14. The first-order chi connectivity index (χ1) is 21.1. The first kappa shape index (κ1) is 32.1. The number of nitrogens with one attached hydrogen (secondary N) is 3. The van der Waals surface area contributed by atoms with Crippen LogP contribution in [0.4, 0.5) is 10.2 Å². The first-order valence-electron chi connectivity index (χ1n) is 14.2. The Morgan fingerprint density at radius 2 is 1.59 bits per heavy atom. The smallest absolute Gasteiger partial charge is 0.250 e. The van der Waals surface area contributed by atoms with Crippen molar-refractivity contribution in [3.63, 3.8) is 0 Å². The van der Waals surface area contributed by atoms with E-state index in [-0.39, 0.29) is 30.8 Å². The molecule has 0 saturated carbocycles. The van der Waals surface area contributed by atoms with Crippen LogP contribution < -0.4 is 21.7 Å². The molecule has 3 amide bonds. The minimum absolute atomic E-state index is 0.105. The van der Waals surface area contributed by atoms with Gasteiger partial charge in [0.05, 0.1) is 25.1 Å². The number of halogens is 1. The highest BCUT2D eigenvalue weighted by atomic mass is 19.1. The summed E-state index contributed by atoms with van der Waals surface area (Å²) < 4.78 is 20.6. The highest BCUT2D eigenvalue weighted by molar-refractivity contribution is 5.98. The number of hydrogen-bond donors (Lipinski definition) is 4. The number of hydrogen-bond acceptors (Lipinski definition) is 6. The third kappa shape index (κ3) is 9.32. The van der Waals surface area contributed by atoms with Crippen molar-refractivity contribution >= 4 is 23.5 Å². The van der Waals surface area contributed by atoms with Gasteiger partial charge in [-0.15, -0.1) is 0 Å². The number of aromatic nitrogens is 2. The molecule has 0 aliphatic carbocycles. The zero-order valence-corrected chi connectivity index (χ0v) is 24.7. The second-order valence-corrected chi connectivity index (χ2v) is 10.9. The minimum Gasteiger partial charge on any atom is -0.374 e. The predicted molar refractivity (Wildman–Crippen MR) is 165 cm³/mol. The molecule has 0 fully saturated rings. The SMILES string of the molecule is CC(C)(N)C(=O)N[C@H](COCc1ccccc1)C(=O)Nc1cn(C(C(=O)NCCc2ccc(F)cc2)c2ccccc2)cn1. The molecule has 0 bridgehead atoms. The maximum Gasteiger partial charge on any atom is 0.250 e. The summed E-state index contributed by atoms with van der Waals surface area (Å²) in [6.45, 7) is 3.56. The summed E-state index contributed by atoms with van der Waals surface area (Å²) >= 11 is 0. The molecule has 3 aromatic carbocycles. The van der Waals surface area contributed by atoms with Crippen molar-refractivity contribution in [2.45, 2.75) is 44.5 Å². The maximum atomic E-state index is 13.4. The number of anilines is 1. The van der Waals surface area contributed by atoms with Crippen LogP contribution >= 0.6 is 0 Å². The van der Waals surface area contributed by atoms with Crippen molar-refractivity contribution in [3.05, 3.63) is 120 Å². The summed E-state index contributed by atoms with van der Waals surface area (Å²) in [6, 6.07) is 22.9. The van der Waals surface area contributed by atoms with Crippen LogP contribution in [0.3, 0.4) is 0 Å². The summed E-state index contributed by atoms with van der Waals surface area (Å²) in [4.78, 5) is 43.6. The van der Waals surface area contributed by atoms with E-state index in [0.717, 1.165) is 11.1 Å². The molecule has 230 valence electrons. The van der Waals surface area contributed by atoms with Gasteiger partial charge in [-0.1, -0.05) is 72.8 Å². The van der Waals surface area contributed by atoms with Crippen LogP contribution in [0.5, 0.6) is 0 Å². The van der Waals surface area contributed by atoms with Gasteiger partial charge in [0, 0.05) is 12.7 Å². The van der Waals surface area contributed by atoms with Gasteiger partial charge in [-0.25, -0.2) is 9.37 Å². The zero-order valence-electron chi connectivity index (χ0n) is 24.7. The molecular formula is C33H37FN6O4. The lowest BCUT2D eigenvalue weighted by molar-refractivity contribution is -0.130. The fourth-order valence-electron chi connectivity index (χ4n) is 4.32. The molecule has 1 aromatic heterocycles. The van der Waals surface area contributed by atoms with Crippen molar-refractivity contribution in [1.29, 1.82) is 0 Å². The molecule has 4 aromatic rings. The highest BCUT2D eigenvalue weighted by Gasteiger charge is 2.29. The summed E-state index contributed by atoms with van der Waals surface area (Å²) in [7, 11) is 0. The van der Waals surface area contributed by atoms with E-state index in [1.807, 2.05) is 60.7 Å². The van der Waals surface area contributed by atoms with Gasteiger partial charge in [0.1, 0.15) is 17.9 Å². The molecule has 0 radical (unpaired) electrons. The molecule has 1 heterocycles. The number of ether oxygens (including phenoxy) is 1. The Kier molecular flexibility index (Phi) is 11.0. The predicted octanol–water partition coefficient (Wildman–Crippen LogP) is 3.35. The lowest BCUT2D eigenvalue weighted by atomic mass is 10.1. The van der Waals surface area contributed by atoms with Gasteiger partial charge in [-0.05, 0) is 49.1 Å². The quantitative estimate of drug-likeness (QED) is 0.175. The van der Waals surface area contributed by atoms with Crippen molar-refractivity contribution < 1.29 is 23.5 Å². The number of imidazole rings is 1. The highest BCUT2D eigenvalue weighted by Crippen LogP contribution is 2.20. The molecule has 1 unspecified atom stereocenters. The van der Waals surface area contributed by atoms with Gasteiger partial charge in [0.15, 0.2) is 5.82 Å². The maximum absolute atomic E-state index is 13.4. The molecule has 44 heavy (non-hydrogen) atoms. The lowest BCUT2D eigenvalue weighted by Crippen LogP contribution is -2.56. The van der Waals surface area contributed by atoms with E-state index in [1.54, 1.807) is 22.9 Å². The Morgan fingerprint density at radius 1 is 0.932 bits per heavy atom. The normalized spacial score (nSPS) is 12.6. The van der Waals surface area contributed by atoms with Crippen molar-refractivity contribution in [3.8, 4) is 0 Å². The number of carbonyl (C=O) groups is 3. The summed E-state index contributed by atoms with van der Waals surface area (Å²) in [5.41, 5.74) is 7.25. The molecule has 0 aliphatic heterocycles. The van der Waals surface area contributed by atoms with Crippen LogP contribution in [0.25, 0.3) is 0 Å². The molecule has 11 heteroatoms. The Balaban J connectivity index is 1.45. The fraction of sp³-hybridized carbons (Fsp3) is 0.273. The third-order valence-electron chi connectivity index (χ3n) is 6.74. The number of nitrogens with two attached hydrogens (primary N) is 1. The zero-order chi connectivity index (χ0) is 31.5. The van der Waals surface area contributed by atoms with Gasteiger partial charge in [0.25, 0.3) is 5.91 Å². The van der Waals surface area contributed by atoms with E-state index in [0.29, 0.717) is 18.5 Å². The van der Waals surface area contributed by atoms with Crippen LogP contribution in [0.1, 0.15) is 36.6 Å². The van der Waals surface area contributed by atoms with E-state index in [1.165, 1.54) is 32.3 Å². The summed E-state index contributed by atoms with van der Waals surface area (Å²) in [5.74, 6) is -1.49. The van der Waals surface area contributed by atoms with Crippen LogP contribution in [0.15, 0.2) is 97.5 Å². The molecule has 4 rings (SSSR count). The first-order valence-corrected chi connectivity index (χ1v) is 14.2. The van der Waals surface area contributed by atoms with Crippen molar-refractivity contribution in [2.24, 2.45) is 5.73 Å². The van der Waals surface area contributed by atoms with E-state index in [2.05, 4.69) is 20.9 Å². The molecule has 2 atom stereocenters. The van der Waals surface area contributed by atoms with Crippen molar-refractivity contribution in [1.82, 2.24) is 20.2 Å². The molecule has 0 saturated heterocycles. The molecule has 0 spiro atoms. The monoisotopic (exact) mass is 600 g/mol. The molecule has 0 aliphatic rings. The second kappa shape index (κ2) is 15.0. The molecule has 10 nitrogen and oxygen atoms in total. The van der Waals surface area contributed by atoms with Crippen LogP contribution in [-0.2, 0) is 32.1 Å². The number of carbonyl (C=O) groups excluding carboxylic acids is 3. The fourth-order valence-corrected chi connectivity index (χ4v) is 4.32. The number of benzene rings is 3. The average molecular weight is 601 g/mol. The molecule has 5 N–H and O–H groups in total. The Morgan fingerprint density at radius 3 is 2.25 bits per heavy atom. The topological polar surface area (TPSA) is 140 Å². The average Bonchev–Trinajstić information content (AvgIpc) is 3.45. The Hall–Kier alpha value is -4.87.